The van der Waals surface area contributed by atoms with E-state index in [1.807, 2.05) is 6.92 Å². The lowest BCUT2D eigenvalue weighted by Crippen LogP contribution is -2.14. The summed E-state index contributed by atoms with van der Waals surface area (Å²) >= 11 is 0. The highest BCUT2D eigenvalue weighted by Gasteiger charge is 2.30. The molecule has 0 saturated carbocycles. The van der Waals surface area contributed by atoms with Crippen molar-refractivity contribution in [2.24, 2.45) is 0 Å². The number of carbonyl (C=O) groups is 2. The summed E-state index contributed by atoms with van der Waals surface area (Å²) in [6, 6.07) is 4.35. The normalized spacial score (nSPS) is 12.8. The number of hydrogen-bond donors (Lipinski definition) is 0. The molecule has 1 rings (SSSR count). The Balaban J connectivity index is 2.97. The summed E-state index contributed by atoms with van der Waals surface area (Å²) < 4.78 is 43.0. The van der Waals surface area contributed by atoms with Crippen molar-refractivity contribution in [3.8, 4) is 0 Å². The first-order chi connectivity index (χ1) is 11.3. The van der Waals surface area contributed by atoms with Gasteiger partial charge in [0.15, 0.2) is 5.78 Å². The molecule has 6 heteroatoms. The Morgan fingerprint density at radius 1 is 1.21 bits per heavy atom. The number of alkyl halides is 3. The molecule has 0 atom stereocenters. The van der Waals surface area contributed by atoms with Gasteiger partial charge >= 0.3 is 12.1 Å². The number of hydrogen-bond acceptors (Lipinski definition) is 3. The summed E-state index contributed by atoms with van der Waals surface area (Å²) in [5, 5.41) is 0. The van der Waals surface area contributed by atoms with E-state index in [4.69, 9.17) is 4.74 Å². The second kappa shape index (κ2) is 8.86. The summed E-state index contributed by atoms with van der Waals surface area (Å²) in [7, 11) is 0. The minimum Gasteiger partial charge on any atom is -0.458 e. The zero-order valence-corrected chi connectivity index (χ0v) is 13.3. The van der Waals surface area contributed by atoms with Gasteiger partial charge < -0.3 is 4.74 Å². The quantitative estimate of drug-likeness (QED) is 0.255. The molecule has 3 nitrogen and oxygen atoms in total. The third-order valence-electron chi connectivity index (χ3n) is 2.87. The van der Waals surface area contributed by atoms with Gasteiger partial charge in [-0.15, -0.1) is 0 Å². The number of rotatable bonds is 6. The maximum atomic E-state index is 12.7. The van der Waals surface area contributed by atoms with Gasteiger partial charge in [0, 0.05) is 0 Å². The van der Waals surface area contributed by atoms with Crippen LogP contribution in [0, 0.1) is 0 Å². The number of carbonyl (C=O) groups excluding carboxylic acids is 2. The highest BCUT2D eigenvalue weighted by molar-refractivity contribution is 6.19. The molecule has 0 N–H and O–H groups in total. The van der Waals surface area contributed by atoms with Gasteiger partial charge in [0.05, 0.1) is 5.56 Å². The minimum atomic E-state index is -4.50. The van der Waals surface area contributed by atoms with Crippen molar-refractivity contribution in [3.63, 3.8) is 0 Å². The smallest absolute Gasteiger partial charge is 0.416 e. The number of benzene rings is 1. The summed E-state index contributed by atoms with van der Waals surface area (Å²) in [4.78, 5) is 23.5. The summed E-state index contributed by atoms with van der Waals surface area (Å²) in [6.07, 6.45) is 3.34. The highest BCUT2D eigenvalue weighted by atomic mass is 19.4. The van der Waals surface area contributed by atoms with Gasteiger partial charge in [-0.3, -0.25) is 4.79 Å². The Labute approximate surface area is 138 Å². The number of ether oxygens (including phenoxy) is 1. The molecule has 0 unspecified atom stereocenters. The van der Waals surface area contributed by atoms with E-state index in [2.05, 4.69) is 0 Å². The summed E-state index contributed by atoms with van der Waals surface area (Å²) in [6.45, 7) is 2.93. The SMILES string of the molecule is CC=CC=CCOC(=O)C(=Cc1cccc(C(F)(F)F)c1)C(C)=O. The third kappa shape index (κ3) is 6.24. The lowest BCUT2D eigenvalue weighted by molar-refractivity contribution is -0.139. The van der Waals surface area contributed by atoms with Crippen molar-refractivity contribution in [2.75, 3.05) is 6.61 Å². The van der Waals surface area contributed by atoms with Gasteiger partial charge in [-0.1, -0.05) is 30.4 Å². The first-order valence-corrected chi connectivity index (χ1v) is 7.10. The van der Waals surface area contributed by atoms with Crippen LogP contribution in [-0.4, -0.2) is 18.4 Å². The summed E-state index contributed by atoms with van der Waals surface area (Å²) in [5.74, 6) is -1.47. The number of ketones is 1. The number of Topliss-reactive ketones (excluding diaryl/α,β-unsaturated/α-hetero) is 1. The van der Waals surface area contributed by atoms with Crippen molar-refractivity contribution in [3.05, 3.63) is 65.3 Å². The average molecular weight is 338 g/mol. The largest absolute Gasteiger partial charge is 0.458 e. The van der Waals surface area contributed by atoms with Crippen LogP contribution in [0.2, 0.25) is 0 Å². The minimum absolute atomic E-state index is 0.0453. The fraction of sp³-hybridized carbons (Fsp3) is 0.222. The molecule has 0 aromatic heterocycles. The van der Waals surface area contributed by atoms with Crippen LogP contribution in [0.25, 0.3) is 6.08 Å². The zero-order valence-electron chi connectivity index (χ0n) is 13.3. The van der Waals surface area contributed by atoms with Crippen LogP contribution < -0.4 is 0 Å². The van der Waals surface area contributed by atoms with E-state index < -0.39 is 23.5 Å². The van der Waals surface area contributed by atoms with Crippen LogP contribution in [0.4, 0.5) is 13.2 Å². The molecule has 0 heterocycles. The van der Waals surface area contributed by atoms with Gasteiger partial charge in [-0.05, 0) is 43.7 Å². The zero-order chi connectivity index (χ0) is 18.2. The van der Waals surface area contributed by atoms with Gasteiger partial charge in [0.25, 0.3) is 0 Å². The predicted molar refractivity (Wildman–Crippen MR) is 85.0 cm³/mol. The van der Waals surface area contributed by atoms with Crippen molar-refractivity contribution in [2.45, 2.75) is 20.0 Å². The Kier molecular flexibility index (Phi) is 7.17. The molecule has 0 bridgehead atoms. The molecule has 24 heavy (non-hydrogen) atoms. The molecule has 128 valence electrons. The van der Waals surface area contributed by atoms with Crippen molar-refractivity contribution in [1.82, 2.24) is 0 Å². The molecule has 0 fully saturated rings. The average Bonchev–Trinajstić information content (AvgIpc) is 2.51. The Morgan fingerprint density at radius 3 is 2.50 bits per heavy atom. The van der Waals surface area contributed by atoms with E-state index in [0.29, 0.717) is 0 Å². The van der Waals surface area contributed by atoms with E-state index >= 15 is 0 Å². The molecule has 0 saturated heterocycles. The molecule has 0 amide bonds. The lowest BCUT2D eigenvalue weighted by Gasteiger charge is -2.08. The van der Waals surface area contributed by atoms with Crippen LogP contribution in [0.15, 0.2) is 54.1 Å². The molecule has 0 aliphatic heterocycles. The van der Waals surface area contributed by atoms with Crippen molar-refractivity contribution in [1.29, 1.82) is 0 Å². The maximum absolute atomic E-state index is 12.7. The van der Waals surface area contributed by atoms with Crippen LogP contribution in [0.1, 0.15) is 25.0 Å². The van der Waals surface area contributed by atoms with Crippen LogP contribution in [-0.2, 0) is 20.5 Å². The first kappa shape index (κ1) is 19.4. The van der Waals surface area contributed by atoms with E-state index in [-0.39, 0.29) is 17.7 Å². The van der Waals surface area contributed by atoms with Gasteiger partial charge in [-0.2, -0.15) is 13.2 Å². The van der Waals surface area contributed by atoms with Crippen LogP contribution in [0.3, 0.4) is 0 Å². The Bertz CT molecular complexity index is 683. The second-order valence-corrected chi connectivity index (χ2v) is 4.79. The van der Waals surface area contributed by atoms with E-state index in [9.17, 15) is 22.8 Å². The third-order valence-corrected chi connectivity index (χ3v) is 2.87. The molecule has 0 radical (unpaired) electrons. The van der Waals surface area contributed by atoms with E-state index in [1.54, 1.807) is 24.3 Å². The van der Waals surface area contributed by atoms with Crippen molar-refractivity contribution < 1.29 is 27.5 Å². The van der Waals surface area contributed by atoms with Crippen molar-refractivity contribution >= 4 is 17.8 Å². The van der Waals surface area contributed by atoms with Crippen LogP contribution >= 0.6 is 0 Å². The van der Waals surface area contributed by atoms with Gasteiger partial charge in [0.2, 0.25) is 0 Å². The molecule has 1 aromatic rings. The molecule has 0 spiro atoms. The molecular weight excluding hydrogens is 321 g/mol. The Morgan fingerprint density at radius 2 is 1.92 bits per heavy atom. The topological polar surface area (TPSA) is 43.4 Å². The predicted octanol–water partition coefficient (Wildman–Crippen LogP) is 4.35. The van der Waals surface area contributed by atoms with Crippen LogP contribution in [0.5, 0.6) is 0 Å². The van der Waals surface area contributed by atoms with E-state index in [0.717, 1.165) is 25.1 Å². The van der Waals surface area contributed by atoms with E-state index in [1.165, 1.54) is 12.1 Å². The van der Waals surface area contributed by atoms with Gasteiger partial charge in [0.1, 0.15) is 12.2 Å². The van der Waals surface area contributed by atoms with Gasteiger partial charge in [-0.25, -0.2) is 4.79 Å². The first-order valence-electron chi connectivity index (χ1n) is 7.10. The number of allylic oxidation sites excluding steroid dienone is 3. The second-order valence-electron chi connectivity index (χ2n) is 4.79. The molecule has 0 aliphatic rings. The number of esters is 1. The lowest BCUT2D eigenvalue weighted by atomic mass is 10.1. The highest BCUT2D eigenvalue weighted by Crippen LogP contribution is 2.30. The fourth-order valence-corrected chi connectivity index (χ4v) is 1.72. The standard InChI is InChI=1S/C18H17F3O3/c1-3-4-5-6-10-24-17(23)16(13(2)22)12-14-8-7-9-15(11-14)18(19,20)21/h3-9,11-12H,10H2,1-2H3. The monoisotopic (exact) mass is 338 g/mol. The molecular formula is C18H17F3O3. The summed E-state index contributed by atoms with van der Waals surface area (Å²) in [5.41, 5.74) is -1.08. The molecule has 0 aliphatic carbocycles. The Hall–Kier alpha value is -2.63. The molecule has 1 aromatic carbocycles. The number of halogens is 3. The fourth-order valence-electron chi connectivity index (χ4n) is 1.72. The maximum Gasteiger partial charge on any atom is 0.416 e.